The molecule has 0 aromatic rings. The molecule has 1 unspecified atom stereocenters. The average Bonchev–Trinajstić information content (AvgIpc) is 1.96. The first kappa shape index (κ1) is 20.4. The van der Waals surface area contributed by atoms with Crippen LogP contribution >= 0.6 is 24.2 Å². The maximum absolute atomic E-state index is 10.1. The summed E-state index contributed by atoms with van der Waals surface area (Å²) in [7, 11) is -3.67. The molecule has 0 aliphatic heterocycles. The van der Waals surface area contributed by atoms with Crippen molar-refractivity contribution in [3.8, 4) is 0 Å². The molecule has 0 saturated heterocycles. The molecular weight excluding hydrogens is 266 g/mol. The van der Waals surface area contributed by atoms with Gasteiger partial charge in [-0.1, -0.05) is 0 Å². The number of hydrogen-bond donors (Lipinski definition) is 3. The van der Waals surface area contributed by atoms with Gasteiger partial charge < -0.3 is 10.8 Å². The third kappa shape index (κ3) is 31.5. The minimum absolute atomic E-state index is 0. The molecular formula is C6H16ClNO5S2. The lowest BCUT2D eigenvalue weighted by atomic mass is 10.2. The highest BCUT2D eigenvalue weighted by molar-refractivity contribution is 7.98. The Balaban J connectivity index is -0.000000208. The predicted molar refractivity (Wildman–Crippen MR) is 63.3 cm³/mol. The third-order valence-electron chi connectivity index (χ3n) is 0.950. The number of aliphatic carboxylic acids is 1. The molecule has 4 N–H and O–H groups in total. The van der Waals surface area contributed by atoms with Crippen molar-refractivity contribution in [1.29, 1.82) is 0 Å². The van der Waals surface area contributed by atoms with Gasteiger partial charge in [0.2, 0.25) is 0 Å². The van der Waals surface area contributed by atoms with E-state index < -0.39 is 22.1 Å². The number of rotatable bonds is 4. The molecule has 0 heterocycles. The van der Waals surface area contributed by atoms with Gasteiger partial charge >= 0.3 is 5.97 Å². The van der Waals surface area contributed by atoms with Gasteiger partial charge in [0.05, 0.1) is 6.26 Å². The van der Waals surface area contributed by atoms with Crippen LogP contribution in [-0.4, -0.2) is 48.4 Å². The first-order valence-electron chi connectivity index (χ1n) is 3.58. The van der Waals surface area contributed by atoms with Crippen molar-refractivity contribution >= 4 is 40.3 Å². The molecule has 15 heavy (non-hydrogen) atoms. The quantitative estimate of drug-likeness (QED) is 0.624. The first-order valence-corrected chi connectivity index (χ1v) is 6.82. The normalized spacial score (nSPS) is 11.7. The number of carbonyl (C=O) groups is 1. The van der Waals surface area contributed by atoms with Gasteiger partial charge in [0.15, 0.2) is 0 Å². The Kier molecular flexibility index (Phi) is 14.3. The SMILES string of the molecule is CS(=O)(=O)O.CSCCC(N)C(=O)O.Cl. The summed E-state index contributed by atoms with van der Waals surface area (Å²) in [6.07, 6.45) is 3.19. The molecule has 0 aromatic carbocycles. The first-order chi connectivity index (χ1) is 6.18. The van der Waals surface area contributed by atoms with E-state index in [1.807, 2.05) is 6.26 Å². The molecule has 1 atom stereocenters. The summed E-state index contributed by atoms with van der Waals surface area (Å²) in [6.45, 7) is 0. The zero-order chi connectivity index (χ0) is 11.8. The lowest BCUT2D eigenvalue weighted by molar-refractivity contribution is -0.138. The Labute approximate surface area is 99.8 Å². The van der Waals surface area contributed by atoms with Crippen LogP contribution in [0.1, 0.15) is 6.42 Å². The van der Waals surface area contributed by atoms with Crippen molar-refractivity contribution in [2.24, 2.45) is 5.73 Å². The van der Waals surface area contributed by atoms with E-state index in [0.717, 1.165) is 5.75 Å². The van der Waals surface area contributed by atoms with E-state index in [-0.39, 0.29) is 12.4 Å². The second kappa shape index (κ2) is 10.5. The molecule has 0 aromatic heterocycles. The Morgan fingerprint density at radius 3 is 2.07 bits per heavy atom. The monoisotopic (exact) mass is 281 g/mol. The molecule has 9 heteroatoms. The zero-order valence-electron chi connectivity index (χ0n) is 8.41. The molecule has 0 rings (SSSR count). The molecule has 0 aliphatic carbocycles. The summed E-state index contributed by atoms with van der Waals surface area (Å²) in [6, 6.07) is -0.683. The number of hydrogen-bond acceptors (Lipinski definition) is 5. The maximum Gasteiger partial charge on any atom is 0.320 e. The van der Waals surface area contributed by atoms with Crippen LogP contribution in [-0.2, 0) is 14.9 Å². The van der Waals surface area contributed by atoms with Crippen molar-refractivity contribution < 1.29 is 22.9 Å². The predicted octanol–water partition coefficient (Wildman–Crippen LogP) is 0.0772. The summed E-state index contributed by atoms with van der Waals surface area (Å²) < 4.78 is 25.9. The molecule has 0 amide bonds. The average molecular weight is 282 g/mol. The smallest absolute Gasteiger partial charge is 0.320 e. The number of nitrogens with two attached hydrogens (primary N) is 1. The summed E-state index contributed by atoms with van der Waals surface area (Å²) in [4.78, 5) is 10.1. The highest BCUT2D eigenvalue weighted by atomic mass is 35.5. The molecule has 0 bridgehead atoms. The Hall–Kier alpha value is -0.0200. The third-order valence-corrected chi connectivity index (χ3v) is 1.59. The van der Waals surface area contributed by atoms with Gasteiger partial charge in [-0.05, 0) is 18.4 Å². The van der Waals surface area contributed by atoms with E-state index >= 15 is 0 Å². The fraction of sp³-hybridized carbons (Fsp3) is 0.833. The fourth-order valence-electron chi connectivity index (χ4n) is 0.368. The van der Waals surface area contributed by atoms with Crippen molar-refractivity contribution in [2.75, 3.05) is 18.3 Å². The van der Waals surface area contributed by atoms with Gasteiger partial charge in [0, 0.05) is 0 Å². The van der Waals surface area contributed by atoms with E-state index in [2.05, 4.69) is 0 Å². The topological polar surface area (TPSA) is 118 Å². The summed E-state index contributed by atoms with van der Waals surface area (Å²) in [5.74, 6) is -0.1000. The largest absolute Gasteiger partial charge is 0.480 e. The van der Waals surface area contributed by atoms with Gasteiger partial charge in [-0.3, -0.25) is 9.35 Å². The second-order valence-electron chi connectivity index (χ2n) is 2.46. The van der Waals surface area contributed by atoms with Crippen molar-refractivity contribution in [2.45, 2.75) is 12.5 Å². The molecule has 0 spiro atoms. The van der Waals surface area contributed by atoms with Crippen LogP contribution in [0.2, 0.25) is 0 Å². The van der Waals surface area contributed by atoms with E-state index in [0.29, 0.717) is 12.7 Å². The van der Waals surface area contributed by atoms with Crippen molar-refractivity contribution in [3.63, 3.8) is 0 Å². The van der Waals surface area contributed by atoms with Crippen molar-refractivity contribution in [1.82, 2.24) is 0 Å². The Bertz CT molecular complexity index is 248. The fourth-order valence-corrected chi connectivity index (χ4v) is 0.858. The number of carboxylic acid groups (broad SMARTS) is 1. The van der Waals surface area contributed by atoms with Crippen LogP contribution < -0.4 is 5.73 Å². The van der Waals surface area contributed by atoms with Crippen LogP contribution in [0.15, 0.2) is 0 Å². The van der Waals surface area contributed by atoms with E-state index in [1.54, 1.807) is 11.8 Å². The summed E-state index contributed by atoms with van der Waals surface area (Å²) in [5.41, 5.74) is 5.19. The molecule has 0 saturated carbocycles. The van der Waals surface area contributed by atoms with Gasteiger partial charge in [0.25, 0.3) is 10.1 Å². The van der Waals surface area contributed by atoms with Gasteiger partial charge in [-0.2, -0.15) is 20.2 Å². The van der Waals surface area contributed by atoms with Crippen molar-refractivity contribution in [3.05, 3.63) is 0 Å². The summed E-state index contributed by atoms with van der Waals surface area (Å²) in [5, 5.41) is 8.27. The summed E-state index contributed by atoms with van der Waals surface area (Å²) >= 11 is 1.60. The Morgan fingerprint density at radius 1 is 1.53 bits per heavy atom. The number of carboxylic acids is 1. The van der Waals surface area contributed by atoms with Gasteiger partial charge in [-0.25, -0.2) is 0 Å². The Morgan fingerprint density at radius 2 is 1.87 bits per heavy atom. The standard InChI is InChI=1S/C5H11NO2S.CH4O3S.ClH/c1-9-3-2-4(6)5(7)8;1-5(2,3)4;/h4H,2-3,6H2,1H3,(H,7,8);1H3,(H,2,3,4);1H. The molecule has 0 fully saturated rings. The van der Waals surface area contributed by atoms with Crippen LogP contribution in [0.25, 0.3) is 0 Å². The van der Waals surface area contributed by atoms with Gasteiger partial charge in [0.1, 0.15) is 6.04 Å². The zero-order valence-corrected chi connectivity index (χ0v) is 10.9. The van der Waals surface area contributed by atoms with E-state index in [9.17, 15) is 13.2 Å². The van der Waals surface area contributed by atoms with E-state index in [4.69, 9.17) is 15.4 Å². The molecule has 0 radical (unpaired) electrons. The van der Waals surface area contributed by atoms with E-state index in [1.165, 1.54) is 0 Å². The lowest BCUT2D eigenvalue weighted by Crippen LogP contribution is -2.30. The van der Waals surface area contributed by atoms with Crippen LogP contribution in [0.4, 0.5) is 0 Å². The highest BCUT2D eigenvalue weighted by Gasteiger charge is 2.08. The molecule has 6 nitrogen and oxygen atoms in total. The second-order valence-corrected chi connectivity index (χ2v) is 4.91. The number of halogens is 1. The van der Waals surface area contributed by atoms with Crippen LogP contribution in [0, 0.1) is 0 Å². The molecule has 94 valence electrons. The number of thioether (sulfide) groups is 1. The minimum atomic E-state index is -3.67. The lowest BCUT2D eigenvalue weighted by Gasteiger charge is -2.02. The highest BCUT2D eigenvalue weighted by Crippen LogP contribution is 1.97. The minimum Gasteiger partial charge on any atom is -0.480 e. The maximum atomic E-state index is 10.1. The molecule has 0 aliphatic rings. The van der Waals surface area contributed by atoms with Gasteiger partial charge in [-0.15, -0.1) is 12.4 Å². The van der Waals surface area contributed by atoms with Crippen LogP contribution in [0.5, 0.6) is 0 Å². The van der Waals surface area contributed by atoms with Crippen LogP contribution in [0.3, 0.4) is 0 Å².